The molecule has 2 aromatic carbocycles. The number of hydrogen-bond acceptors (Lipinski definition) is 7. The van der Waals surface area contributed by atoms with Crippen LogP contribution in [0.2, 0.25) is 10.0 Å². The van der Waals surface area contributed by atoms with Gasteiger partial charge in [-0.15, -0.1) is 4.73 Å². The largest absolute Gasteiger partial charge is 0.412 e. The van der Waals surface area contributed by atoms with Gasteiger partial charge in [0.1, 0.15) is 7.11 Å². The SMILES string of the molecule is COn1c(=O)c(-c2c(Cl)cccc2Cl)cc2cnc(Nc3ccc(C=NO)cc3)nc21. The van der Waals surface area contributed by atoms with Gasteiger partial charge in [0.2, 0.25) is 5.95 Å². The van der Waals surface area contributed by atoms with E-state index in [1.165, 1.54) is 13.3 Å². The number of pyridine rings is 1. The number of oxime groups is 1. The molecule has 4 rings (SSSR count). The van der Waals surface area contributed by atoms with E-state index < -0.39 is 5.56 Å². The summed E-state index contributed by atoms with van der Waals surface area (Å²) >= 11 is 12.6. The van der Waals surface area contributed by atoms with Crippen molar-refractivity contribution in [3.8, 4) is 11.1 Å². The molecule has 0 saturated heterocycles. The van der Waals surface area contributed by atoms with Crippen LogP contribution < -0.4 is 15.7 Å². The molecule has 31 heavy (non-hydrogen) atoms. The van der Waals surface area contributed by atoms with Crippen LogP contribution in [0.15, 0.2) is 64.7 Å². The first kappa shape index (κ1) is 20.6. The van der Waals surface area contributed by atoms with Gasteiger partial charge in [0.05, 0.1) is 21.8 Å². The number of nitrogens with zero attached hydrogens (tertiary/aromatic N) is 4. The Morgan fingerprint density at radius 3 is 2.52 bits per heavy atom. The van der Waals surface area contributed by atoms with Gasteiger partial charge in [-0.3, -0.25) is 4.79 Å². The van der Waals surface area contributed by atoms with E-state index in [9.17, 15) is 4.79 Å². The van der Waals surface area contributed by atoms with E-state index in [0.717, 1.165) is 10.3 Å². The summed E-state index contributed by atoms with van der Waals surface area (Å²) in [5.41, 5.74) is 1.95. The van der Waals surface area contributed by atoms with Crippen molar-refractivity contribution in [2.75, 3.05) is 12.4 Å². The summed E-state index contributed by atoms with van der Waals surface area (Å²) in [5, 5.41) is 15.9. The summed E-state index contributed by atoms with van der Waals surface area (Å²) in [6.07, 6.45) is 2.89. The van der Waals surface area contributed by atoms with Crippen molar-refractivity contribution in [1.82, 2.24) is 14.7 Å². The molecule has 0 radical (unpaired) electrons. The Hall–Kier alpha value is -3.62. The van der Waals surface area contributed by atoms with Crippen LogP contribution in [0, 0.1) is 0 Å². The maximum absolute atomic E-state index is 13.1. The van der Waals surface area contributed by atoms with Crippen LogP contribution in [-0.2, 0) is 0 Å². The average molecular weight is 456 g/mol. The fourth-order valence-corrected chi connectivity index (χ4v) is 3.68. The minimum Gasteiger partial charge on any atom is -0.412 e. The van der Waals surface area contributed by atoms with E-state index in [0.29, 0.717) is 26.7 Å². The third-order valence-electron chi connectivity index (χ3n) is 4.49. The first-order valence-electron chi connectivity index (χ1n) is 8.98. The van der Waals surface area contributed by atoms with Crippen LogP contribution in [0.25, 0.3) is 22.2 Å². The van der Waals surface area contributed by atoms with Crippen LogP contribution in [0.3, 0.4) is 0 Å². The minimum absolute atomic E-state index is 0.268. The highest BCUT2D eigenvalue weighted by Crippen LogP contribution is 2.33. The molecule has 2 heterocycles. The Labute approximate surface area is 186 Å². The van der Waals surface area contributed by atoms with E-state index in [1.54, 1.807) is 54.7 Å². The Morgan fingerprint density at radius 2 is 1.87 bits per heavy atom. The predicted molar refractivity (Wildman–Crippen MR) is 121 cm³/mol. The smallest absolute Gasteiger partial charge is 0.293 e. The van der Waals surface area contributed by atoms with Crippen molar-refractivity contribution in [3.63, 3.8) is 0 Å². The van der Waals surface area contributed by atoms with Crippen molar-refractivity contribution < 1.29 is 10.0 Å². The van der Waals surface area contributed by atoms with Gasteiger partial charge in [-0.25, -0.2) is 4.98 Å². The summed E-state index contributed by atoms with van der Waals surface area (Å²) in [7, 11) is 1.37. The van der Waals surface area contributed by atoms with Gasteiger partial charge in [0.15, 0.2) is 5.65 Å². The lowest BCUT2D eigenvalue weighted by Gasteiger charge is -2.13. The molecule has 0 atom stereocenters. The zero-order chi connectivity index (χ0) is 22.0. The van der Waals surface area contributed by atoms with Gasteiger partial charge in [-0.2, -0.15) is 4.98 Å². The van der Waals surface area contributed by atoms with Crippen molar-refractivity contribution in [2.24, 2.45) is 5.16 Å². The van der Waals surface area contributed by atoms with Gasteiger partial charge >= 0.3 is 0 Å². The molecule has 2 N–H and O–H groups in total. The molecule has 0 aliphatic rings. The Morgan fingerprint density at radius 1 is 1.16 bits per heavy atom. The molecule has 0 saturated carbocycles. The molecule has 0 amide bonds. The summed E-state index contributed by atoms with van der Waals surface area (Å²) in [4.78, 5) is 27.1. The summed E-state index contributed by atoms with van der Waals surface area (Å²) in [6, 6.07) is 13.7. The Bertz CT molecular complexity index is 1330. The van der Waals surface area contributed by atoms with Crippen molar-refractivity contribution in [3.05, 3.63) is 80.7 Å². The molecule has 0 fully saturated rings. The normalized spacial score (nSPS) is 11.2. The number of benzene rings is 2. The number of hydrogen-bond donors (Lipinski definition) is 2. The second-order valence-electron chi connectivity index (χ2n) is 6.40. The first-order chi connectivity index (χ1) is 15.0. The monoisotopic (exact) mass is 455 g/mol. The second kappa shape index (κ2) is 8.63. The maximum atomic E-state index is 13.1. The fourth-order valence-electron chi connectivity index (χ4n) is 3.08. The van der Waals surface area contributed by atoms with Gasteiger partial charge in [-0.1, -0.05) is 46.6 Å². The number of aromatic nitrogens is 3. The zero-order valence-corrected chi connectivity index (χ0v) is 17.6. The number of anilines is 2. The van der Waals surface area contributed by atoms with Crippen LogP contribution in [0.5, 0.6) is 0 Å². The molecule has 4 aromatic rings. The topological polar surface area (TPSA) is 102 Å². The summed E-state index contributed by atoms with van der Waals surface area (Å²) in [6.45, 7) is 0. The van der Waals surface area contributed by atoms with Gasteiger partial charge in [0, 0.05) is 22.8 Å². The highest BCUT2D eigenvalue weighted by molar-refractivity contribution is 6.39. The molecular weight excluding hydrogens is 441 g/mol. The maximum Gasteiger partial charge on any atom is 0.293 e. The van der Waals surface area contributed by atoms with Crippen LogP contribution >= 0.6 is 23.2 Å². The van der Waals surface area contributed by atoms with Crippen molar-refractivity contribution in [1.29, 1.82) is 0 Å². The molecule has 2 aromatic heterocycles. The standard InChI is InChI=1S/C21H15Cl2N5O3/c1-31-28-19-13(9-15(20(28)29)18-16(22)3-2-4-17(18)23)11-24-21(27-19)26-14-7-5-12(6-8-14)10-25-30/h2-11,30H,1H3,(H,24,26,27). The molecular formula is C21H15Cl2N5O3. The number of rotatable bonds is 5. The lowest BCUT2D eigenvalue weighted by atomic mass is 10.1. The van der Waals surface area contributed by atoms with Crippen molar-refractivity contribution in [2.45, 2.75) is 0 Å². The Kier molecular flexibility index (Phi) is 5.75. The van der Waals surface area contributed by atoms with E-state index in [-0.39, 0.29) is 17.2 Å². The van der Waals surface area contributed by atoms with Gasteiger partial charge < -0.3 is 15.4 Å². The molecule has 0 aliphatic carbocycles. The second-order valence-corrected chi connectivity index (χ2v) is 7.22. The highest BCUT2D eigenvalue weighted by atomic mass is 35.5. The van der Waals surface area contributed by atoms with Crippen LogP contribution in [-0.4, -0.2) is 33.2 Å². The van der Waals surface area contributed by atoms with E-state index in [1.807, 2.05) is 0 Å². The number of halogens is 2. The van der Waals surface area contributed by atoms with Crippen LogP contribution in [0.1, 0.15) is 5.56 Å². The lowest BCUT2D eigenvalue weighted by molar-refractivity contribution is 0.168. The quantitative estimate of drug-likeness (QED) is 0.263. The third-order valence-corrected chi connectivity index (χ3v) is 5.12. The Balaban J connectivity index is 1.79. The van der Waals surface area contributed by atoms with E-state index >= 15 is 0 Å². The van der Waals surface area contributed by atoms with E-state index in [2.05, 4.69) is 20.4 Å². The molecule has 0 bridgehead atoms. The van der Waals surface area contributed by atoms with Gasteiger partial charge in [-0.05, 0) is 35.9 Å². The first-order valence-corrected chi connectivity index (χ1v) is 9.73. The average Bonchev–Trinajstić information content (AvgIpc) is 2.76. The molecule has 0 spiro atoms. The minimum atomic E-state index is -0.456. The summed E-state index contributed by atoms with van der Waals surface area (Å²) < 4.78 is 1.07. The lowest BCUT2D eigenvalue weighted by Crippen LogP contribution is -2.27. The predicted octanol–water partition coefficient (Wildman–Crippen LogP) is 4.38. The fraction of sp³-hybridized carbons (Fsp3) is 0.0476. The third kappa shape index (κ3) is 4.03. The molecule has 0 aliphatic heterocycles. The van der Waals surface area contributed by atoms with E-state index in [4.69, 9.17) is 33.2 Å². The zero-order valence-electron chi connectivity index (χ0n) is 16.1. The summed E-state index contributed by atoms with van der Waals surface area (Å²) in [5.74, 6) is 0.268. The molecule has 0 unspecified atom stereocenters. The van der Waals surface area contributed by atoms with Crippen molar-refractivity contribution >= 4 is 52.1 Å². The highest BCUT2D eigenvalue weighted by Gasteiger charge is 2.18. The molecule has 10 heteroatoms. The number of nitrogens with one attached hydrogen (secondary N) is 1. The number of fused-ring (bicyclic) bond motifs is 1. The molecule has 8 nitrogen and oxygen atoms in total. The molecule has 156 valence electrons. The van der Waals surface area contributed by atoms with Crippen LogP contribution in [0.4, 0.5) is 11.6 Å². The van der Waals surface area contributed by atoms with Gasteiger partial charge in [0.25, 0.3) is 5.56 Å².